The molecule has 0 unspecified atom stereocenters. The van der Waals surface area contributed by atoms with E-state index in [2.05, 4.69) is 0 Å². The summed E-state index contributed by atoms with van der Waals surface area (Å²) in [5.41, 5.74) is 6.86. The Hall–Kier alpha value is -1.84. The maximum absolute atomic E-state index is 12.2. The van der Waals surface area contributed by atoms with Crippen molar-refractivity contribution in [1.82, 2.24) is 4.90 Å². The van der Waals surface area contributed by atoms with Crippen molar-refractivity contribution in [3.63, 3.8) is 0 Å². The maximum Gasteiger partial charge on any atom is 0.263 e. The van der Waals surface area contributed by atoms with Gasteiger partial charge in [0.2, 0.25) is 0 Å². The molecule has 2 N–H and O–H groups in total. The lowest BCUT2D eigenvalue weighted by molar-refractivity contribution is 0.0588. The molecule has 4 nitrogen and oxygen atoms in total. The fraction of sp³-hybridized carbons (Fsp3) is 0.429. The van der Waals surface area contributed by atoms with E-state index in [9.17, 15) is 9.59 Å². The van der Waals surface area contributed by atoms with Crippen LogP contribution in [0.5, 0.6) is 0 Å². The van der Waals surface area contributed by atoms with E-state index in [0.717, 1.165) is 6.42 Å². The number of hydrogen-bond donors (Lipinski definition) is 1. The second-order valence-electron chi connectivity index (χ2n) is 5.48. The second-order valence-corrected chi connectivity index (χ2v) is 5.48. The van der Waals surface area contributed by atoms with Crippen LogP contribution in [0.4, 0.5) is 5.69 Å². The van der Waals surface area contributed by atoms with Crippen LogP contribution in [0.25, 0.3) is 0 Å². The monoisotopic (exact) mass is 246 g/mol. The van der Waals surface area contributed by atoms with Gasteiger partial charge < -0.3 is 5.73 Å². The molecule has 0 saturated carbocycles. The van der Waals surface area contributed by atoms with Crippen molar-refractivity contribution >= 4 is 17.5 Å². The van der Waals surface area contributed by atoms with E-state index in [1.54, 1.807) is 18.2 Å². The summed E-state index contributed by atoms with van der Waals surface area (Å²) in [6.07, 6.45) is 0.899. The fourth-order valence-corrected chi connectivity index (χ4v) is 2.04. The highest BCUT2D eigenvalue weighted by Gasteiger charge is 2.39. The van der Waals surface area contributed by atoms with Crippen molar-refractivity contribution < 1.29 is 9.59 Å². The first kappa shape index (κ1) is 12.6. The quantitative estimate of drug-likeness (QED) is 0.657. The van der Waals surface area contributed by atoms with Crippen LogP contribution in [0, 0.1) is 5.41 Å². The number of carbonyl (C=O) groups excluding carboxylic acids is 2. The largest absolute Gasteiger partial charge is 0.398 e. The average molecular weight is 246 g/mol. The molecule has 1 aromatic rings. The molecule has 0 aliphatic carbocycles. The molecule has 2 rings (SSSR count). The molecule has 1 aliphatic heterocycles. The van der Waals surface area contributed by atoms with E-state index in [0.29, 0.717) is 23.4 Å². The maximum atomic E-state index is 12.2. The Morgan fingerprint density at radius 1 is 1.22 bits per heavy atom. The number of carbonyl (C=O) groups is 2. The van der Waals surface area contributed by atoms with Gasteiger partial charge >= 0.3 is 0 Å². The standard InChI is InChI=1S/C14H18N2O2/c1-4-14(2,3)8-16-12(17)9-6-5-7-10(15)11(9)13(16)18/h5-7H,4,8,15H2,1-3H3. The number of rotatable bonds is 3. The molecule has 96 valence electrons. The van der Waals surface area contributed by atoms with Gasteiger partial charge in [0.25, 0.3) is 11.8 Å². The molecule has 0 atom stereocenters. The summed E-state index contributed by atoms with van der Waals surface area (Å²) in [4.78, 5) is 25.8. The molecule has 0 saturated heterocycles. The molecule has 0 spiro atoms. The lowest BCUT2D eigenvalue weighted by atomic mass is 9.90. The average Bonchev–Trinajstić information content (AvgIpc) is 2.55. The number of imide groups is 1. The number of nitrogens with zero attached hydrogens (tertiary/aromatic N) is 1. The lowest BCUT2D eigenvalue weighted by Gasteiger charge is -2.27. The first-order valence-electron chi connectivity index (χ1n) is 6.12. The molecule has 0 aromatic heterocycles. The summed E-state index contributed by atoms with van der Waals surface area (Å²) in [6.45, 7) is 6.56. The van der Waals surface area contributed by atoms with Gasteiger partial charge in [-0.1, -0.05) is 26.8 Å². The Kier molecular flexibility index (Phi) is 2.89. The highest BCUT2D eigenvalue weighted by atomic mass is 16.2. The topological polar surface area (TPSA) is 63.4 Å². The first-order valence-corrected chi connectivity index (χ1v) is 6.12. The van der Waals surface area contributed by atoms with Crippen molar-refractivity contribution in [2.45, 2.75) is 27.2 Å². The summed E-state index contributed by atoms with van der Waals surface area (Å²) >= 11 is 0. The zero-order valence-electron chi connectivity index (χ0n) is 11.0. The number of fused-ring (bicyclic) bond motifs is 1. The van der Waals surface area contributed by atoms with Crippen molar-refractivity contribution in [3.8, 4) is 0 Å². The Morgan fingerprint density at radius 3 is 2.44 bits per heavy atom. The molecular formula is C14H18N2O2. The van der Waals surface area contributed by atoms with Crippen LogP contribution < -0.4 is 5.73 Å². The van der Waals surface area contributed by atoms with Crippen LogP contribution in [0.1, 0.15) is 47.9 Å². The molecule has 1 aliphatic rings. The Balaban J connectivity index is 2.38. The van der Waals surface area contributed by atoms with Gasteiger partial charge in [-0.15, -0.1) is 0 Å². The van der Waals surface area contributed by atoms with E-state index in [1.807, 2.05) is 20.8 Å². The number of benzene rings is 1. The van der Waals surface area contributed by atoms with Gasteiger partial charge in [-0.25, -0.2) is 0 Å². The molecule has 0 fully saturated rings. The minimum Gasteiger partial charge on any atom is -0.398 e. The van der Waals surface area contributed by atoms with Crippen molar-refractivity contribution in [2.75, 3.05) is 12.3 Å². The van der Waals surface area contributed by atoms with E-state index in [-0.39, 0.29) is 17.2 Å². The first-order chi connectivity index (χ1) is 8.37. The molecule has 0 radical (unpaired) electrons. The number of nitrogen functional groups attached to an aromatic ring is 1. The van der Waals surface area contributed by atoms with E-state index < -0.39 is 0 Å². The lowest BCUT2D eigenvalue weighted by Crippen LogP contribution is -2.38. The van der Waals surface area contributed by atoms with Crippen molar-refractivity contribution in [3.05, 3.63) is 29.3 Å². The van der Waals surface area contributed by atoms with Crippen LogP contribution in [0.3, 0.4) is 0 Å². The Morgan fingerprint density at radius 2 is 1.89 bits per heavy atom. The molecule has 2 amide bonds. The van der Waals surface area contributed by atoms with Gasteiger partial charge in [0, 0.05) is 12.2 Å². The molecular weight excluding hydrogens is 228 g/mol. The van der Waals surface area contributed by atoms with Gasteiger partial charge in [-0.05, 0) is 24.0 Å². The van der Waals surface area contributed by atoms with Crippen molar-refractivity contribution in [1.29, 1.82) is 0 Å². The Bertz CT molecular complexity index is 521. The minimum atomic E-state index is -0.269. The van der Waals surface area contributed by atoms with Crippen LogP contribution in [-0.2, 0) is 0 Å². The zero-order chi connectivity index (χ0) is 13.5. The number of nitrogens with two attached hydrogens (primary N) is 1. The predicted molar refractivity (Wildman–Crippen MR) is 70.3 cm³/mol. The number of hydrogen-bond acceptors (Lipinski definition) is 3. The van der Waals surface area contributed by atoms with Crippen molar-refractivity contribution in [2.24, 2.45) is 5.41 Å². The third-order valence-corrected chi connectivity index (χ3v) is 3.57. The van der Waals surface area contributed by atoms with Gasteiger partial charge in [0.05, 0.1) is 11.1 Å². The molecule has 1 heterocycles. The van der Waals surface area contributed by atoms with Gasteiger partial charge in [0.15, 0.2) is 0 Å². The van der Waals surface area contributed by atoms with Crippen LogP contribution in [0.15, 0.2) is 18.2 Å². The highest BCUT2D eigenvalue weighted by molar-refractivity contribution is 6.23. The third kappa shape index (κ3) is 1.88. The summed E-state index contributed by atoms with van der Waals surface area (Å²) in [5.74, 6) is -0.501. The number of anilines is 1. The normalized spacial score (nSPS) is 15.2. The van der Waals surface area contributed by atoms with Crippen LogP contribution in [-0.4, -0.2) is 23.3 Å². The highest BCUT2D eigenvalue weighted by Crippen LogP contribution is 2.31. The SMILES string of the molecule is CCC(C)(C)CN1C(=O)c2cccc(N)c2C1=O. The number of amides is 2. The van der Waals surface area contributed by atoms with Gasteiger partial charge in [-0.2, -0.15) is 0 Å². The van der Waals surface area contributed by atoms with Gasteiger partial charge in [0.1, 0.15) is 0 Å². The fourth-order valence-electron chi connectivity index (χ4n) is 2.04. The molecule has 0 bridgehead atoms. The van der Waals surface area contributed by atoms with Crippen LogP contribution in [0.2, 0.25) is 0 Å². The Labute approximate surface area is 107 Å². The predicted octanol–water partition coefficient (Wildman–Crippen LogP) is 2.30. The van der Waals surface area contributed by atoms with Gasteiger partial charge in [-0.3, -0.25) is 14.5 Å². The molecule has 1 aromatic carbocycles. The van der Waals surface area contributed by atoms with E-state index >= 15 is 0 Å². The van der Waals surface area contributed by atoms with E-state index in [1.165, 1.54) is 4.90 Å². The zero-order valence-corrected chi connectivity index (χ0v) is 11.0. The summed E-state index contributed by atoms with van der Waals surface area (Å²) in [6, 6.07) is 5.01. The smallest absolute Gasteiger partial charge is 0.263 e. The summed E-state index contributed by atoms with van der Waals surface area (Å²) in [7, 11) is 0. The second kappa shape index (κ2) is 4.12. The van der Waals surface area contributed by atoms with Crippen LogP contribution >= 0.6 is 0 Å². The molecule has 18 heavy (non-hydrogen) atoms. The molecule has 4 heteroatoms. The van der Waals surface area contributed by atoms with E-state index in [4.69, 9.17) is 5.73 Å². The third-order valence-electron chi connectivity index (χ3n) is 3.57. The summed E-state index contributed by atoms with van der Waals surface area (Å²) in [5, 5.41) is 0. The minimum absolute atomic E-state index is 0.0812. The summed E-state index contributed by atoms with van der Waals surface area (Å²) < 4.78 is 0.